The molecule has 9 heavy (non-hydrogen) atoms. The van der Waals surface area contributed by atoms with Gasteiger partial charge in [0.25, 0.3) is 0 Å². The van der Waals surface area contributed by atoms with Crippen LogP contribution in [0, 0.1) is 5.92 Å². The summed E-state index contributed by atoms with van der Waals surface area (Å²) in [4.78, 5) is 0. The second-order valence-electron chi connectivity index (χ2n) is 2.60. The van der Waals surface area contributed by atoms with Crippen molar-refractivity contribution in [1.82, 2.24) is 0 Å². The predicted molar refractivity (Wildman–Crippen MR) is 37.1 cm³/mol. The molecule has 50 valence electrons. The Kier molecular flexibility index (Phi) is 2.10. The maximum atomic E-state index is 9.06. The Balaban J connectivity index is 2.38. The number of hydrogen-bond donors (Lipinski definition) is 1. The van der Waals surface area contributed by atoms with Crippen LogP contribution in [0.15, 0.2) is 18.4 Å². The lowest BCUT2D eigenvalue weighted by Gasteiger charge is -1.97. The molecule has 2 unspecified atom stereocenters. The highest BCUT2D eigenvalue weighted by Crippen LogP contribution is 2.25. The highest BCUT2D eigenvalue weighted by Gasteiger charge is 2.19. The highest BCUT2D eigenvalue weighted by atomic mass is 16.3. The average Bonchev–Trinajstić information content (AvgIpc) is 2.17. The molecular formula is C8H12O. The summed E-state index contributed by atoms with van der Waals surface area (Å²) in [6, 6.07) is 0. The summed E-state index contributed by atoms with van der Waals surface area (Å²) in [6.07, 6.45) is 4.84. The summed E-state index contributed by atoms with van der Waals surface area (Å²) in [7, 11) is 0. The Bertz CT molecular complexity index is 134. The third-order valence-corrected chi connectivity index (χ3v) is 1.80. The Morgan fingerprint density at radius 2 is 2.33 bits per heavy atom. The first-order valence-corrected chi connectivity index (χ1v) is 3.37. The topological polar surface area (TPSA) is 20.2 Å². The van der Waals surface area contributed by atoms with Crippen molar-refractivity contribution in [1.29, 1.82) is 0 Å². The van der Waals surface area contributed by atoms with Crippen LogP contribution in [-0.4, -0.2) is 11.2 Å². The van der Waals surface area contributed by atoms with E-state index in [9.17, 15) is 0 Å². The van der Waals surface area contributed by atoms with Crippen LogP contribution in [0.25, 0.3) is 0 Å². The molecule has 1 N–H and O–H groups in total. The molecule has 0 aromatic rings. The molecule has 1 fully saturated rings. The van der Waals surface area contributed by atoms with Crippen molar-refractivity contribution in [3.63, 3.8) is 0 Å². The molecule has 0 saturated heterocycles. The molecule has 2 atom stereocenters. The minimum absolute atomic E-state index is 0.0698. The monoisotopic (exact) mass is 124 g/mol. The van der Waals surface area contributed by atoms with Crippen LogP contribution in [0.1, 0.15) is 19.3 Å². The van der Waals surface area contributed by atoms with Gasteiger partial charge in [-0.15, -0.1) is 5.73 Å². The van der Waals surface area contributed by atoms with Gasteiger partial charge < -0.3 is 5.11 Å². The quantitative estimate of drug-likeness (QED) is 0.525. The molecule has 0 heterocycles. The van der Waals surface area contributed by atoms with Gasteiger partial charge in [0, 0.05) is 0 Å². The normalized spacial score (nSPS) is 33.9. The van der Waals surface area contributed by atoms with Crippen molar-refractivity contribution >= 4 is 0 Å². The molecule has 0 radical (unpaired) electrons. The molecule has 1 nitrogen and oxygen atoms in total. The smallest absolute Gasteiger partial charge is 0.0546 e. The van der Waals surface area contributed by atoms with Crippen molar-refractivity contribution in [3.05, 3.63) is 18.4 Å². The SMILES string of the molecule is C=C=CC1CCC(O)C1. The van der Waals surface area contributed by atoms with Crippen molar-refractivity contribution in [3.8, 4) is 0 Å². The van der Waals surface area contributed by atoms with Crippen LogP contribution in [0.2, 0.25) is 0 Å². The van der Waals surface area contributed by atoms with Crippen LogP contribution < -0.4 is 0 Å². The molecule has 0 aliphatic heterocycles. The summed E-state index contributed by atoms with van der Waals surface area (Å²) in [6.45, 7) is 3.49. The van der Waals surface area contributed by atoms with Gasteiger partial charge in [-0.05, 0) is 31.3 Å². The summed E-state index contributed by atoms with van der Waals surface area (Å²) in [5, 5.41) is 9.06. The zero-order valence-corrected chi connectivity index (χ0v) is 5.51. The van der Waals surface area contributed by atoms with Crippen LogP contribution in [0.4, 0.5) is 0 Å². The second-order valence-corrected chi connectivity index (χ2v) is 2.60. The fourth-order valence-corrected chi connectivity index (χ4v) is 1.31. The van der Waals surface area contributed by atoms with Crippen molar-refractivity contribution in [2.24, 2.45) is 5.92 Å². The van der Waals surface area contributed by atoms with E-state index in [1.807, 2.05) is 6.08 Å². The summed E-state index contributed by atoms with van der Waals surface area (Å²) in [5.41, 5.74) is 2.74. The minimum Gasteiger partial charge on any atom is -0.393 e. The van der Waals surface area contributed by atoms with E-state index in [4.69, 9.17) is 5.11 Å². The lowest BCUT2D eigenvalue weighted by atomic mass is 10.1. The predicted octanol–water partition coefficient (Wildman–Crippen LogP) is 1.49. The number of hydrogen-bond acceptors (Lipinski definition) is 1. The fraction of sp³-hybridized carbons (Fsp3) is 0.625. The fourth-order valence-electron chi connectivity index (χ4n) is 1.31. The van der Waals surface area contributed by atoms with E-state index in [1.165, 1.54) is 0 Å². The first-order chi connectivity index (χ1) is 4.33. The van der Waals surface area contributed by atoms with Crippen LogP contribution in [0.5, 0.6) is 0 Å². The van der Waals surface area contributed by atoms with Gasteiger partial charge in [0.05, 0.1) is 6.10 Å². The van der Waals surface area contributed by atoms with E-state index in [2.05, 4.69) is 12.3 Å². The van der Waals surface area contributed by atoms with Gasteiger partial charge in [-0.25, -0.2) is 0 Å². The van der Waals surface area contributed by atoms with Gasteiger partial charge in [-0.2, -0.15) is 0 Å². The Morgan fingerprint density at radius 3 is 2.78 bits per heavy atom. The van der Waals surface area contributed by atoms with Gasteiger partial charge >= 0.3 is 0 Å². The molecule has 1 saturated carbocycles. The zero-order chi connectivity index (χ0) is 6.69. The second kappa shape index (κ2) is 2.86. The molecule has 1 heteroatoms. The largest absolute Gasteiger partial charge is 0.393 e. The molecular weight excluding hydrogens is 112 g/mol. The van der Waals surface area contributed by atoms with Crippen LogP contribution in [0.3, 0.4) is 0 Å². The molecule has 1 rings (SSSR count). The van der Waals surface area contributed by atoms with E-state index in [-0.39, 0.29) is 6.10 Å². The van der Waals surface area contributed by atoms with Gasteiger partial charge in [0.15, 0.2) is 0 Å². The molecule has 0 bridgehead atoms. The molecule has 1 aliphatic rings. The third kappa shape index (κ3) is 1.70. The first kappa shape index (κ1) is 6.60. The minimum atomic E-state index is -0.0698. The zero-order valence-electron chi connectivity index (χ0n) is 5.51. The average molecular weight is 124 g/mol. The highest BCUT2D eigenvalue weighted by molar-refractivity contribution is 4.90. The number of rotatable bonds is 1. The van der Waals surface area contributed by atoms with E-state index in [0.717, 1.165) is 19.3 Å². The van der Waals surface area contributed by atoms with Crippen molar-refractivity contribution < 1.29 is 5.11 Å². The lowest BCUT2D eigenvalue weighted by molar-refractivity contribution is 0.180. The first-order valence-electron chi connectivity index (χ1n) is 3.37. The lowest BCUT2D eigenvalue weighted by Crippen LogP contribution is -1.97. The maximum Gasteiger partial charge on any atom is 0.0546 e. The molecule has 0 aromatic carbocycles. The molecule has 0 amide bonds. The molecule has 0 aromatic heterocycles. The number of aliphatic hydroxyl groups is 1. The van der Waals surface area contributed by atoms with Gasteiger partial charge in [0.1, 0.15) is 0 Å². The molecule has 0 spiro atoms. The van der Waals surface area contributed by atoms with Gasteiger partial charge in [-0.1, -0.05) is 6.58 Å². The van der Waals surface area contributed by atoms with Crippen molar-refractivity contribution in [2.75, 3.05) is 0 Å². The Hall–Kier alpha value is -0.520. The van der Waals surface area contributed by atoms with E-state index < -0.39 is 0 Å². The summed E-state index contributed by atoms with van der Waals surface area (Å²) >= 11 is 0. The van der Waals surface area contributed by atoms with Crippen LogP contribution in [-0.2, 0) is 0 Å². The maximum absolute atomic E-state index is 9.06. The van der Waals surface area contributed by atoms with E-state index in [0.29, 0.717) is 5.92 Å². The van der Waals surface area contributed by atoms with Gasteiger partial charge in [0.2, 0.25) is 0 Å². The number of allylic oxidation sites excluding steroid dienone is 1. The molecule has 1 aliphatic carbocycles. The standard InChI is InChI=1S/C8H12O/c1-2-3-7-4-5-8(9)6-7/h3,7-9H,1,4-6H2. The van der Waals surface area contributed by atoms with Gasteiger partial charge in [-0.3, -0.25) is 0 Å². The van der Waals surface area contributed by atoms with Crippen LogP contribution >= 0.6 is 0 Å². The summed E-state index contributed by atoms with van der Waals surface area (Å²) < 4.78 is 0. The third-order valence-electron chi connectivity index (χ3n) is 1.80. The van der Waals surface area contributed by atoms with E-state index >= 15 is 0 Å². The van der Waals surface area contributed by atoms with Crippen molar-refractivity contribution in [2.45, 2.75) is 25.4 Å². The Morgan fingerprint density at radius 1 is 1.56 bits per heavy atom. The Labute approximate surface area is 55.7 Å². The summed E-state index contributed by atoms with van der Waals surface area (Å²) in [5.74, 6) is 0.539. The number of aliphatic hydroxyl groups excluding tert-OH is 1. The van der Waals surface area contributed by atoms with E-state index in [1.54, 1.807) is 0 Å².